The van der Waals surface area contributed by atoms with Crippen molar-refractivity contribution in [1.29, 1.82) is 0 Å². The largest absolute Gasteiger partial charge is 0.442 e. The van der Waals surface area contributed by atoms with E-state index < -0.39 is 5.63 Å². The van der Waals surface area contributed by atoms with Crippen LogP contribution in [0.4, 0.5) is 0 Å². The van der Waals surface area contributed by atoms with Crippen LogP contribution < -0.4 is 10.3 Å². The van der Waals surface area contributed by atoms with Crippen LogP contribution >= 0.6 is 15.9 Å². The Morgan fingerprint density at radius 3 is 2.71 bits per heavy atom. The van der Waals surface area contributed by atoms with Gasteiger partial charge in [-0.3, -0.25) is 4.52 Å². The Bertz CT molecular complexity index is 516. The fraction of sp³-hybridized carbons (Fsp3) is 0.111. The second kappa shape index (κ2) is 3.42. The van der Waals surface area contributed by atoms with Crippen molar-refractivity contribution >= 4 is 15.9 Å². The lowest BCUT2D eigenvalue weighted by Crippen LogP contribution is -2.35. The number of para-hydroxylation sites is 1. The molecule has 5 heteroatoms. The van der Waals surface area contributed by atoms with Gasteiger partial charge < -0.3 is 0 Å². The van der Waals surface area contributed by atoms with Crippen LogP contribution in [0.3, 0.4) is 0 Å². The summed E-state index contributed by atoms with van der Waals surface area (Å²) < 4.78 is 6.55. The zero-order valence-corrected chi connectivity index (χ0v) is 9.04. The van der Waals surface area contributed by atoms with Crippen molar-refractivity contribution < 1.29 is 9.20 Å². The highest BCUT2D eigenvalue weighted by atomic mass is 79.9. The van der Waals surface area contributed by atoms with Gasteiger partial charge in [0.25, 0.3) is 0 Å². The number of aromatic amines is 1. The van der Waals surface area contributed by atoms with Gasteiger partial charge in [0.15, 0.2) is 0 Å². The first kappa shape index (κ1) is 9.21. The van der Waals surface area contributed by atoms with E-state index in [0.29, 0.717) is 4.60 Å². The Kier molecular flexibility index (Phi) is 2.25. The molecule has 0 fully saturated rings. The molecule has 0 radical (unpaired) electrons. The van der Waals surface area contributed by atoms with E-state index in [2.05, 4.69) is 25.7 Å². The van der Waals surface area contributed by atoms with E-state index in [4.69, 9.17) is 0 Å². The maximum atomic E-state index is 11.1. The van der Waals surface area contributed by atoms with E-state index in [9.17, 15) is 4.79 Å². The average molecular weight is 256 g/mol. The van der Waals surface area contributed by atoms with Gasteiger partial charge in [0.2, 0.25) is 5.69 Å². The van der Waals surface area contributed by atoms with Crippen molar-refractivity contribution in [3.05, 3.63) is 44.9 Å². The van der Waals surface area contributed by atoms with Gasteiger partial charge in [-0.2, -0.15) is 0 Å². The third-order valence-corrected chi connectivity index (χ3v) is 2.63. The number of benzene rings is 1. The minimum Gasteiger partial charge on any atom is -0.282 e. The first-order valence-corrected chi connectivity index (χ1v) is 4.84. The Morgan fingerprint density at radius 2 is 2.14 bits per heavy atom. The monoisotopic (exact) mass is 255 g/mol. The molecule has 0 atom stereocenters. The average Bonchev–Trinajstić information content (AvgIpc) is 2.49. The summed E-state index contributed by atoms with van der Waals surface area (Å²) in [6, 6.07) is 7.68. The molecule has 0 saturated carbocycles. The van der Waals surface area contributed by atoms with Gasteiger partial charge in [-0.25, -0.2) is 4.79 Å². The second-order valence-corrected chi connectivity index (χ2v) is 3.64. The van der Waals surface area contributed by atoms with E-state index in [-0.39, 0.29) is 0 Å². The third kappa shape index (κ3) is 1.39. The SMILES string of the molecule is Cc1ccccc1-[n+]1[nH]oc(=O)c1Br. The van der Waals surface area contributed by atoms with E-state index in [1.54, 1.807) is 4.68 Å². The summed E-state index contributed by atoms with van der Waals surface area (Å²) in [6.45, 7) is 1.96. The first-order chi connectivity index (χ1) is 6.70. The van der Waals surface area contributed by atoms with Gasteiger partial charge >= 0.3 is 10.2 Å². The lowest BCUT2D eigenvalue weighted by atomic mass is 10.2. The highest BCUT2D eigenvalue weighted by Gasteiger charge is 2.21. The maximum Gasteiger partial charge on any atom is 0.442 e. The molecule has 0 amide bonds. The molecule has 0 aliphatic rings. The molecule has 2 rings (SSSR count). The number of aryl methyl sites for hydroxylation is 1. The standard InChI is InChI=1S/C9H7BrN2O2/c1-6-4-2-3-5-7(6)12-8(10)9(13)14-11-12/h2-5H,1H3/p+1. The lowest BCUT2D eigenvalue weighted by Gasteiger charge is -1.93. The van der Waals surface area contributed by atoms with E-state index in [1.807, 2.05) is 31.2 Å². The summed E-state index contributed by atoms with van der Waals surface area (Å²) in [4.78, 5) is 11.1. The van der Waals surface area contributed by atoms with Crippen LogP contribution in [-0.2, 0) is 0 Å². The maximum absolute atomic E-state index is 11.1. The number of nitrogens with zero attached hydrogens (tertiary/aromatic N) is 1. The van der Waals surface area contributed by atoms with Gasteiger partial charge in [0.1, 0.15) is 0 Å². The Morgan fingerprint density at radius 1 is 1.43 bits per heavy atom. The number of halogens is 1. The van der Waals surface area contributed by atoms with Gasteiger partial charge in [-0.05, 0) is 16.9 Å². The van der Waals surface area contributed by atoms with Crippen LogP contribution in [-0.4, -0.2) is 5.27 Å². The number of nitrogens with one attached hydrogen (secondary N) is 1. The van der Waals surface area contributed by atoms with Gasteiger partial charge in [0.05, 0.1) is 0 Å². The zero-order chi connectivity index (χ0) is 10.1. The predicted octanol–water partition coefficient (Wildman–Crippen LogP) is 1.32. The van der Waals surface area contributed by atoms with Crippen LogP contribution in [0.25, 0.3) is 5.69 Å². The van der Waals surface area contributed by atoms with Crippen molar-refractivity contribution in [2.24, 2.45) is 0 Å². The first-order valence-electron chi connectivity index (χ1n) is 4.05. The molecule has 0 aliphatic carbocycles. The van der Waals surface area contributed by atoms with E-state index in [0.717, 1.165) is 11.3 Å². The van der Waals surface area contributed by atoms with E-state index in [1.165, 1.54) is 0 Å². The van der Waals surface area contributed by atoms with Gasteiger partial charge in [-0.1, -0.05) is 18.2 Å². The highest BCUT2D eigenvalue weighted by molar-refractivity contribution is 9.10. The molecule has 0 bridgehead atoms. The van der Waals surface area contributed by atoms with Crippen LogP contribution in [0.5, 0.6) is 0 Å². The quantitative estimate of drug-likeness (QED) is 0.782. The Labute approximate surface area is 88.2 Å². The van der Waals surface area contributed by atoms with Crippen molar-refractivity contribution in [2.45, 2.75) is 6.92 Å². The molecule has 0 spiro atoms. The molecule has 1 aromatic heterocycles. The van der Waals surface area contributed by atoms with Crippen LogP contribution in [0.2, 0.25) is 0 Å². The molecule has 0 saturated heterocycles. The minimum atomic E-state index is -0.423. The van der Waals surface area contributed by atoms with Crippen molar-refractivity contribution in [2.75, 3.05) is 0 Å². The minimum absolute atomic E-state index is 0.354. The second-order valence-electron chi connectivity index (χ2n) is 2.89. The smallest absolute Gasteiger partial charge is 0.282 e. The normalized spacial score (nSPS) is 10.4. The van der Waals surface area contributed by atoms with Crippen LogP contribution in [0.15, 0.2) is 38.2 Å². The van der Waals surface area contributed by atoms with Crippen LogP contribution in [0, 0.1) is 6.92 Å². The molecule has 1 aromatic carbocycles. The Balaban J connectivity index is 2.66. The number of rotatable bonds is 1. The summed E-state index contributed by atoms with van der Waals surface area (Å²) >= 11 is 3.15. The third-order valence-electron chi connectivity index (χ3n) is 1.95. The number of hydrogen-bond donors (Lipinski definition) is 1. The number of aromatic nitrogens is 2. The highest BCUT2D eigenvalue weighted by Crippen LogP contribution is 2.07. The molecular weight excluding hydrogens is 248 g/mol. The molecule has 2 aromatic rings. The zero-order valence-electron chi connectivity index (χ0n) is 7.45. The van der Waals surface area contributed by atoms with Gasteiger partial charge in [-0.15, -0.1) is 0 Å². The molecular formula is C9H8BrN2O2+. The summed E-state index contributed by atoms with van der Waals surface area (Å²) in [6.07, 6.45) is 0. The molecule has 0 aliphatic heterocycles. The molecule has 72 valence electrons. The molecule has 1 N–H and O–H groups in total. The van der Waals surface area contributed by atoms with Gasteiger partial charge in [0, 0.05) is 27.6 Å². The summed E-state index contributed by atoms with van der Waals surface area (Å²) in [5.74, 6) is 0. The molecule has 14 heavy (non-hydrogen) atoms. The van der Waals surface area contributed by atoms with Crippen molar-refractivity contribution in [3.8, 4) is 5.69 Å². The number of H-pyrrole nitrogens is 1. The lowest BCUT2D eigenvalue weighted by molar-refractivity contribution is -0.680. The van der Waals surface area contributed by atoms with Crippen LogP contribution in [0.1, 0.15) is 5.56 Å². The summed E-state index contributed by atoms with van der Waals surface area (Å²) in [5.41, 5.74) is 1.51. The Hall–Kier alpha value is -1.36. The molecule has 1 heterocycles. The fourth-order valence-corrected chi connectivity index (χ4v) is 1.57. The van der Waals surface area contributed by atoms with E-state index >= 15 is 0 Å². The fourth-order valence-electron chi connectivity index (χ4n) is 1.23. The topological polar surface area (TPSA) is 49.9 Å². The summed E-state index contributed by atoms with van der Waals surface area (Å²) in [7, 11) is 0. The van der Waals surface area contributed by atoms with Crippen molar-refractivity contribution in [1.82, 2.24) is 5.27 Å². The number of hydrogen-bond acceptors (Lipinski definition) is 2. The molecule has 0 unspecified atom stereocenters. The molecule has 4 nitrogen and oxygen atoms in total. The van der Waals surface area contributed by atoms with Crippen molar-refractivity contribution in [3.63, 3.8) is 0 Å². The summed E-state index contributed by atoms with van der Waals surface area (Å²) in [5, 5.41) is 2.51. The predicted molar refractivity (Wildman–Crippen MR) is 53.3 cm³/mol.